The zero-order chi connectivity index (χ0) is 10.9. The number of rotatable bonds is 6. The largest absolute Gasteiger partial charge is 0.481 e. The van der Waals surface area contributed by atoms with Crippen molar-refractivity contribution in [1.82, 2.24) is 0 Å². The van der Waals surface area contributed by atoms with Crippen LogP contribution < -0.4 is 0 Å². The fraction of sp³-hybridized carbons (Fsp3) is 0.333. The Morgan fingerprint density at radius 2 is 2.00 bits per heavy atom. The predicted molar refractivity (Wildman–Crippen MR) is 64.0 cm³/mol. The molecule has 0 aliphatic rings. The van der Waals surface area contributed by atoms with Gasteiger partial charge in [0.15, 0.2) is 6.29 Å². The van der Waals surface area contributed by atoms with E-state index in [4.69, 9.17) is 4.74 Å². The van der Waals surface area contributed by atoms with Crippen molar-refractivity contribution in [3.63, 3.8) is 0 Å². The molecule has 0 saturated carbocycles. The summed E-state index contributed by atoms with van der Waals surface area (Å²) in [6.07, 6.45) is 3.57. The number of benzene rings is 1. The van der Waals surface area contributed by atoms with Crippen LogP contribution in [-0.4, -0.2) is 17.9 Å². The molecule has 1 aromatic rings. The topological polar surface area (TPSA) is 26.3 Å². The molecule has 0 atom stereocenters. The molecule has 0 unspecified atom stereocenters. The molecule has 1 rings (SSSR count). The van der Waals surface area contributed by atoms with E-state index in [1.807, 2.05) is 18.2 Å². The Morgan fingerprint density at radius 3 is 2.67 bits per heavy atom. The summed E-state index contributed by atoms with van der Waals surface area (Å²) in [5.41, 5.74) is 1.33. The average molecular weight is 222 g/mol. The molecule has 0 fully saturated rings. The number of hydrogen-bond donors (Lipinski definition) is 0. The van der Waals surface area contributed by atoms with Crippen LogP contribution in [0.1, 0.15) is 18.4 Å². The van der Waals surface area contributed by atoms with E-state index >= 15 is 0 Å². The van der Waals surface area contributed by atoms with Gasteiger partial charge in [-0.2, -0.15) is 0 Å². The quantitative estimate of drug-likeness (QED) is 0.420. The second-order valence-corrected chi connectivity index (χ2v) is 3.63. The van der Waals surface area contributed by atoms with Crippen molar-refractivity contribution in [1.29, 1.82) is 0 Å². The molecule has 0 saturated heterocycles. The van der Waals surface area contributed by atoms with E-state index in [0.717, 1.165) is 19.3 Å². The van der Waals surface area contributed by atoms with Crippen molar-refractivity contribution < 1.29 is 9.53 Å². The highest BCUT2D eigenvalue weighted by atomic mass is 32.1. The Bertz CT molecular complexity index is 309. The lowest BCUT2D eigenvalue weighted by Gasteiger charge is -2.02. The van der Waals surface area contributed by atoms with Crippen molar-refractivity contribution in [2.24, 2.45) is 0 Å². The van der Waals surface area contributed by atoms with Gasteiger partial charge in [0.1, 0.15) is 0 Å². The highest BCUT2D eigenvalue weighted by Crippen LogP contribution is 2.04. The van der Waals surface area contributed by atoms with Gasteiger partial charge in [0, 0.05) is 0 Å². The van der Waals surface area contributed by atoms with E-state index in [9.17, 15) is 4.79 Å². The zero-order valence-electron chi connectivity index (χ0n) is 8.52. The first kappa shape index (κ1) is 11.9. The molecule has 0 aliphatic carbocycles. The molecule has 0 heterocycles. The SMILES string of the molecule is O=CC(=S)OCCCCc1ccccc1. The Kier molecular flexibility index (Phi) is 5.63. The molecule has 15 heavy (non-hydrogen) atoms. The lowest BCUT2D eigenvalue weighted by atomic mass is 10.1. The normalized spacial score (nSPS) is 9.60. The van der Waals surface area contributed by atoms with Crippen molar-refractivity contribution in [3.05, 3.63) is 35.9 Å². The molecule has 0 N–H and O–H groups in total. The first-order valence-corrected chi connectivity index (χ1v) is 5.39. The molecule has 0 amide bonds. The molecule has 80 valence electrons. The molecule has 0 radical (unpaired) electrons. The van der Waals surface area contributed by atoms with Gasteiger partial charge in [-0.05, 0) is 37.0 Å². The Balaban J connectivity index is 2.07. The Labute approximate surface area is 95.3 Å². The van der Waals surface area contributed by atoms with Crippen LogP contribution in [0, 0.1) is 0 Å². The van der Waals surface area contributed by atoms with E-state index < -0.39 is 0 Å². The lowest BCUT2D eigenvalue weighted by Crippen LogP contribution is -2.04. The molecule has 2 nitrogen and oxygen atoms in total. The van der Waals surface area contributed by atoms with Crippen LogP contribution in [0.15, 0.2) is 30.3 Å². The fourth-order valence-electron chi connectivity index (χ4n) is 1.28. The summed E-state index contributed by atoms with van der Waals surface area (Å²) in [4.78, 5) is 10.1. The van der Waals surface area contributed by atoms with Gasteiger partial charge in [-0.1, -0.05) is 30.3 Å². The van der Waals surface area contributed by atoms with Gasteiger partial charge < -0.3 is 4.74 Å². The van der Waals surface area contributed by atoms with Crippen molar-refractivity contribution in [2.75, 3.05) is 6.61 Å². The molecule has 0 aliphatic heterocycles. The number of thiocarbonyl (C=S) groups is 1. The number of aryl methyl sites for hydroxylation is 1. The summed E-state index contributed by atoms with van der Waals surface area (Å²) in [6.45, 7) is 0.532. The molecule has 1 aromatic carbocycles. The van der Waals surface area contributed by atoms with Gasteiger partial charge in [0.05, 0.1) is 6.61 Å². The van der Waals surface area contributed by atoms with Gasteiger partial charge in [-0.3, -0.25) is 4.79 Å². The third-order valence-electron chi connectivity index (χ3n) is 2.04. The summed E-state index contributed by atoms with van der Waals surface area (Å²) < 4.78 is 4.99. The standard InChI is InChI=1S/C12H14O2S/c13-10-12(15)14-9-5-4-8-11-6-2-1-3-7-11/h1-3,6-7,10H,4-5,8-9H2. The van der Waals surface area contributed by atoms with Crippen LogP contribution >= 0.6 is 12.2 Å². The smallest absolute Gasteiger partial charge is 0.224 e. The number of aldehydes is 1. The second kappa shape index (κ2) is 7.12. The first-order valence-electron chi connectivity index (χ1n) is 4.99. The molecule has 0 spiro atoms. The van der Waals surface area contributed by atoms with E-state index in [1.165, 1.54) is 5.56 Å². The number of carbonyl (C=O) groups is 1. The molecule has 0 bridgehead atoms. The van der Waals surface area contributed by atoms with Crippen LogP contribution in [0.4, 0.5) is 0 Å². The van der Waals surface area contributed by atoms with Gasteiger partial charge in [-0.15, -0.1) is 0 Å². The van der Waals surface area contributed by atoms with Crippen LogP contribution in [0.25, 0.3) is 0 Å². The van der Waals surface area contributed by atoms with Crippen molar-refractivity contribution >= 4 is 23.6 Å². The van der Waals surface area contributed by atoms with Gasteiger partial charge >= 0.3 is 0 Å². The maximum absolute atomic E-state index is 10.1. The van der Waals surface area contributed by atoms with Crippen molar-refractivity contribution in [3.8, 4) is 0 Å². The van der Waals surface area contributed by atoms with E-state index in [1.54, 1.807) is 0 Å². The van der Waals surface area contributed by atoms with E-state index in [-0.39, 0.29) is 5.05 Å². The minimum Gasteiger partial charge on any atom is -0.481 e. The monoisotopic (exact) mass is 222 g/mol. The number of unbranched alkanes of at least 4 members (excludes halogenated alkanes) is 1. The average Bonchev–Trinajstić information content (AvgIpc) is 2.29. The fourth-order valence-corrected chi connectivity index (χ4v) is 1.37. The third-order valence-corrected chi connectivity index (χ3v) is 2.26. The van der Waals surface area contributed by atoms with Crippen LogP contribution in [-0.2, 0) is 16.0 Å². The number of ether oxygens (including phenoxy) is 1. The lowest BCUT2D eigenvalue weighted by molar-refractivity contribution is -0.103. The highest BCUT2D eigenvalue weighted by Gasteiger charge is 1.95. The second-order valence-electron chi connectivity index (χ2n) is 3.23. The van der Waals surface area contributed by atoms with E-state index in [0.29, 0.717) is 12.9 Å². The Hall–Kier alpha value is -1.22. The molecule has 0 aromatic heterocycles. The van der Waals surface area contributed by atoms with Gasteiger partial charge in [-0.25, -0.2) is 0 Å². The number of hydrogen-bond acceptors (Lipinski definition) is 3. The summed E-state index contributed by atoms with van der Waals surface area (Å²) in [6, 6.07) is 10.3. The van der Waals surface area contributed by atoms with Crippen LogP contribution in [0.3, 0.4) is 0 Å². The minimum atomic E-state index is 0.0507. The molecular weight excluding hydrogens is 208 g/mol. The van der Waals surface area contributed by atoms with Crippen LogP contribution in [0.2, 0.25) is 0 Å². The Morgan fingerprint density at radius 1 is 1.27 bits per heavy atom. The first-order chi connectivity index (χ1) is 7.33. The maximum atomic E-state index is 10.1. The minimum absolute atomic E-state index is 0.0507. The summed E-state index contributed by atoms with van der Waals surface area (Å²) in [5.74, 6) is 0. The predicted octanol–water partition coefficient (Wildman–Crippen LogP) is 2.55. The third kappa shape index (κ3) is 5.27. The maximum Gasteiger partial charge on any atom is 0.224 e. The highest BCUT2D eigenvalue weighted by molar-refractivity contribution is 7.81. The molecule has 3 heteroatoms. The molecular formula is C12H14O2S. The summed E-state index contributed by atoms with van der Waals surface area (Å²) in [5, 5.41) is 0.0507. The summed E-state index contributed by atoms with van der Waals surface area (Å²) in [7, 11) is 0. The van der Waals surface area contributed by atoms with E-state index in [2.05, 4.69) is 24.4 Å². The zero-order valence-corrected chi connectivity index (χ0v) is 9.33. The van der Waals surface area contributed by atoms with Crippen molar-refractivity contribution in [2.45, 2.75) is 19.3 Å². The van der Waals surface area contributed by atoms with Crippen LogP contribution in [0.5, 0.6) is 0 Å². The van der Waals surface area contributed by atoms with Gasteiger partial charge in [0.25, 0.3) is 0 Å². The summed E-state index contributed by atoms with van der Waals surface area (Å²) >= 11 is 4.61. The number of carbonyl (C=O) groups excluding carboxylic acids is 1. The van der Waals surface area contributed by atoms with Gasteiger partial charge in [0.2, 0.25) is 5.05 Å².